The number of alkyl halides is 1. The van der Waals surface area contributed by atoms with Gasteiger partial charge in [-0.3, -0.25) is 0 Å². The van der Waals surface area contributed by atoms with E-state index in [0.717, 1.165) is 10.4 Å². The van der Waals surface area contributed by atoms with E-state index >= 15 is 0 Å². The third-order valence-electron chi connectivity index (χ3n) is 3.04. The minimum Gasteiger partial charge on any atom is -0.207 e. The van der Waals surface area contributed by atoms with E-state index < -0.39 is 5.38 Å². The van der Waals surface area contributed by atoms with E-state index in [0.29, 0.717) is 5.56 Å². The van der Waals surface area contributed by atoms with Gasteiger partial charge in [0.05, 0.1) is 5.38 Å². The Morgan fingerprint density at radius 2 is 1.84 bits per heavy atom. The quantitative estimate of drug-likeness (QED) is 0.612. The van der Waals surface area contributed by atoms with Crippen LogP contribution in [0, 0.1) is 12.7 Å². The van der Waals surface area contributed by atoms with Gasteiger partial charge in [-0.2, -0.15) is 0 Å². The zero-order valence-corrected chi connectivity index (χ0v) is 13.2. The van der Waals surface area contributed by atoms with Crippen molar-refractivity contribution in [2.75, 3.05) is 0 Å². The molecule has 0 nitrogen and oxygen atoms in total. The normalized spacial score (nSPS) is 13.6. The average Bonchev–Trinajstić information content (AvgIpc) is 2.80. The number of hydrogen-bond acceptors (Lipinski definition) is 1. The molecule has 0 spiro atoms. The molecule has 2 rings (SSSR count). The Morgan fingerprint density at radius 3 is 2.42 bits per heavy atom. The van der Waals surface area contributed by atoms with Gasteiger partial charge in [-0.15, -0.1) is 22.9 Å². The lowest BCUT2D eigenvalue weighted by Gasteiger charge is -2.16. The SMILES string of the molecule is Cc1ccc(F)c(C(Cl)c2ccc(C(C)(C)C)s2)c1. The molecule has 0 saturated carbocycles. The van der Waals surface area contributed by atoms with E-state index in [1.807, 2.05) is 19.1 Å². The summed E-state index contributed by atoms with van der Waals surface area (Å²) in [6.45, 7) is 8.44. The van der Waals surface area contributed by atoms with Crippen molar-refractivity contribution in [3.05, 3.63) is 57.0 Å². The fourth-order valence-corrected chi connectivity index (χ4v) is 3.34. The molecular formula is C16H18ClFS. The zero-order chi connectivity index (χ0) is 14.2. The van der Waals surface area contributed by atoms with Gasteiger partial charge < -0.3 is 0 Å². The van der Waals surface area contributed by atoms with E-state index in [1.165, 1.54) is 10.9 Å². The number of hydrogen-bond donors (Lipinski definition) is 0. The minimum absolute atomic E-state index is 0.102. The van der Waals surface area contributed by atoms with Crippen LogP contribution in [-0.2, 0) is 5.41 Å². The highest BCUT2D eigenvalue weighted by molar-refractivity contribution is 7.12. The van der Waals surface area contributed by atoms with Crippen molar-refractivity contribution in [2.45, 2.75) is 38.5 Å². The predicted octanol–water partition coefficient (Wildman–Crippen LogP) is 5.82. The molecule has 1 atom stereocenters. The summed E-state index contributed by atoms with van der Waals surface area (Å²) in [6.07, 6.45) is 0. The van der Waals surface area contributed by atoms with Crippen molar-refractivity contribution < 1.29 is 4.39 Å². The highest BCUT2D eigenvalue weighted by Gasteiger charge is 2.21. The molecule has 0 radical (unpaired) electrons. The second kappa shape index (κ2) is 5.26. The molecule has 2 aromatic rings. The molecule has 1 heterocycles. The van der Waals surface area contributed by atoms with Crippen LogP contribution >= 0.6 is 22.9 Å². The third kappa shape index (κ3) is 3.18. The smallest absolute Gasteiger partial charge is 0.128 e. The Morgan fingerprint density at radius 1 is 1.16 bits per heavy atom. The number of halogens is 2. The molecule has 1 unspecified atom stereocenters. The van der Waals surface area contributed by atoms with E-state index in [9.17, 15) is 4.39 Å². The van der Waals surface area contributed by atoms with Crippen molar-refractivity contribution in [3.8, 4) is 0 Å². The number of aryl methyl sites for hydroxylation is 1. The van der Waals surface area contributed by atoms with Gasteiger partial charge in [-0.25, -0.2) is 4.39 Å². The highest BCUT2D eigenvalue weighted by atomic mass is 35.5. The van der Waals surface area contributed by atoms with Crippen molar-refractivity contribution in [3.63, 3.8) is 0 Å². The van der Waals surface area contributed by atoms with Crippen LogP contribution in [0.5, 0.6) is 0 Å². The van der Waals surface area contributed by atoms with Gasteiger partial charge in [0.25, 0.3) is 0 Å². The molecular weight excluding hydrogens is 279 g/mol. The first-order valence-corrected chi connectivity index (χ1v) is 7.54. The van der Waals surface area contributed by atoms with Crippen LogP contribution in [0.4, 0.5) is 4.39 Å². The van der Waals surface area contributed by atoms with Crippen LogP contribution in [0.3, 0.4) is 0 Å². The van der Waals surface area contributed by atoms with E-state index in [-0.39, 0.29) is 11.2 Å². The largest absolute Gasteiger partial charge is 0.207 e. The summed E-state index contributed by atoms with van der Waals surface area (Å²) in [5, 5.41) is -0.416. The predicted molar refractivity (Wildman–Crippen MR) is 81.9 cm³/mol. The van der Waals surface area contributed by atoms with Gasteiger partial charge in [-0.05, 0) is 30.5 Å². The van der Waals surface area contributed by atoms with Crippen LogP contribution in [0.1, 0.15) is 47.0 Å². The summed E-state index contributed by atoms with van der Waals surface area (Å²) in [5.41, 5.74) is 1.68. The molecule has 3 heteroatoms. The first-order valence-electron chi connectivity index (χ1n) is 6.29. The first kappa shape index (κ1) is 14.5. The van der Waals surface area contributed by atoms with Crippen LogP contribution in [0.15, 0.2) is 30.3 Å². The Labute approximate surface area is 123 Å². The van der Waals surface area contributed by atoms with Crippen LogP contribution in [0.2, 0.25) is 0 Å². The zero-order valence-electron chi connectivity index (χ0n) is 11.6. The van der Waals surface area contributed by atoms with E-state index in [2.05, 4.69) is 26.8 Å². The lowest BCUT2D eigenvalue weighted by molar-refractivity contribution is 0.604. The van der Waals surface area contributed by atoms with Crippen molar-refractivity contribution >= 4 is 22.9 Å². The number of rotatable bonds is 2. The average molecular weight is 297 g/mol. The van der Waals surface area contributed by atoms with E-state index in [1.54, 1.807) is 17.4 Å². The maximum atomic E-state index is 13.9. The Balaban J connectivity index is 2.36. The van der Waals surface area contributed by atoms with Crippen LogP contribution in [-0.4, -0.2) is 0 Å². The molecule has 102 valence electrons. The molecule has 0 fully saturated rings. The van der Waals surface area contributed by atoms with Gasteiger partial charge in [0.1, 0.15) is 5.82 Å². The molecule has 0 N–H and O–H groups in total. The summed E-state index contributed by atoms with van der Waals surface area (Å²) < 4.78 is 13.9. The summed E-state index contributed by atoms with van der Waals surface area (Å²) >= 11 is 8.10. The van der Waals surface area contributed by atoms with Gasteiger partial charge >= 0.3 is 0 Å². The van der Waals surface area contributed by atoms with Crippen LogP contribution in [0.25, 0.3) is 0 Å². The minimum atomic E-state index is -0.416. The molecule has 19 heavy (non-hydrogen) atoms. The number of benzene rings is 1. The highest BCUT2D eigenvalue weighted by Crippen LogP contribution is 2.38. The standard InChI is InChI=1S/C16H18ClFS/c1-10-5-6-12(18)11(9-10)15(17)13-7-8-14(19-13)16(2,3)4/h5-9,15H,1-4H3. The van der Waals surface area contributed by atoms with Crippen molar-refractivity contribution in [2.24, 2.45) is 0 Å². The molecule has 1 aromatic carbocycles. The molecule has 0 aliphatic carbocycles. The molecule has 0 aliphatic heterocycles. The third-order valence-corrected chi connectivity index (χ3v) is 5.22. The molecule has 1 aromatic heterocycles. The molecule has 0 saturated heterocycles. The van der Waals surface area contributed by atoms with E-state index in [4.69, 9.17) is 11.6 Å². The summed E-state index contributed by atoms with van der Waals surface area (Å²) in [6, 6.07) is 9.16. The Kier molecular flexibility index (Phi) is 4.03. The van der Waals surface area contributed by atoms with Gasteiger partial charge in [-0.1, -0.05) is 38.5 Å². The first-order chi connectivity index (χ1) is 8.79. The summed E-state index contributed by atoms with van der Waals surface area (Å²) in [4.78, 5) is 2.26. The molecule has 0 bridgehead atoms. The monoisotopic (exact) mass is 296 g/mol. The van der Waals surface area contributed by atoms with Gasteiger partial charge in [0.2, 0.25) is 0 Å². The lowest BCUT2D eigenvalue weighted by Crippen LogP contribution is -2.07. The van der Waals surface area contributed by atoms with Gasteiger partial charge in [0.15, 0.2) is 0 Å². The topological polar surface area (TPSA) is 0 Å². The van der Waals surface area contributed by atoms with Crippen molar-refractivity contribution in [1.29, 1.82) is 0 Å². The maximum Gasteiger partial charge on any atom is 0.128 e. The summed E-state index contributed by atoms with van der Waals surface area (Å²) in [7, 11) is 0. The molecule has 0 aliphatic rings. The fraction of sp³-hybridized carbons (Fsp3) is 0.375. The Bertz CT molecular complexity index is 581. The Hall–Kier alpha value is -0.860. The van der Waals surface area contributed by atoms with Crippen molar-refractivity contribution in [1.82, 2.24) is 0 Å². The van der Waals surface area contributed by atoms with Crippen LogP contribution < -0.4 is 0 Å². The second-order valence-corrected chi connectivity index (χ2v) is 7.39. The second-order valence-electron chi connectivity index (χ2n) is 5.84. The molecule has 0 amide bonds. The number of thiophene rings is 1. The van der Waals surface area contributed by atoms with Gasteiger partial charge in [0, 0.05) is 15.3 Å². The summed E-state index contributed by atoms with van der Waals surface area (Å²) in [5.74, 6) is -0.240. The maximum absolute atomic E-state index is 13.9. The lowest BCUT2D eigenvalue weighted by atomic mass is 9.95. The fourth-order valence-electron chi connectivity index (χ4n) is 1.90.